The maximum Gasteiger partial charge on any atom is 0.266 e. The highest BCUT2D eigenvalue weighted by Crippen LogP contribution is 2.39. The zero-order chi connectivity index (χ0) is 19.3. The van der Waals surface area contributed by atoms with Gasteiger partial charge in [-0.1, -0.05) is 12.1 Å². The Morgan fingerprint density at radius 3 is 2.71 bits per heavy atom. The number of hydrogen-bond acceptors (Lipinski definition) is 5. The van der Waals surface area contributed by atoms with E-state index in [9.17, 15) is 9.18 Å². The van der Waals surface area contributed by atoms with E-state index in [0.29, 0.717) is 28.2 Å². The first-order valence-electron chi connectivity index (χ1n) is 9.61. The summed E-state index contributed by atoms with van der Waals surface area (Å²) in [5.74, 6) is 0.206. The van der Waals surface area contributed by atoms with E-state index < -0.39 is 5.82 Å². The van der Waals surface area contributed by atoms with Gasteiger partial charge in [-0.2, -0.15) is 10.1 Å². The van der Waals surface area contributed by atoms with Crippen LogP contribution < -0.4 is 10.5 Å². The molecule has 2 aliphatic heterocycles. The standard InChI is InChI=1S/C20H22FN5O2/c1-25-18(27)15-16(13-4-2-3-5-14(13)21)23-24-17(15)22-19(25)26-9-6-20(7-10-26)8-11-28-12-20/h2-5H,6-12H2,1H3,(H,23,24). The molecule has 3 aromatic rings. The number of H-pyrrole nitrogens is 1. The molecule has 0 amide bonds. The van der Waals surface area contributed by atoms with Crippen molar-refractivity contribution in [3.05, 3.63) is 40.4 Å². The van der Waals surface area contributed by atoms with E-state index in [1.165, 1.54) is 6.07 Å². The van der Waals surface area contributed by atoms with Gasteiger partial charge in [-0.3, -0.25) is 14.5 Å². The fraction of sp³-hybridized carbons (Fsp3) is 0.450. The third kappa shape index (κ3) is 2.63. The van der Waals surface area contributed by atoms with Gasteiger partial charge >= 0.3 is 0 Å². The first kappa shape index (κ1) is 17.4. The summed E-state index contributed by atoms with van der Waals surface area (Å²) in [6, 6.07) is 6.31. The van der Waals surface area contributed by atoms with E-state index in [4.69, 9.17) is 4.74 Å². The summed E-state index contributed by atoms with van der Waals surface area (Å²) in [4.78, 5) is 19.9. The molecule has 0 aliphatic carbocycles. The normalized spacial score (nSPS) is 19.0. The molecular weight excluding hydrogens is 361 g/mol. The van der Waals surface area contributed by atoms with Gasteiger partial charge < -0.3 is 9.64 Å². The molecule has 7 nitrogen and oxygen atoms in total. The zero-order valence-corrected chi connectivity index (χ0v) is 15.7. The number of ether oxygens (including phenoxy) is 1. The molecule has 8 heteroatoms. The lowest BCUT2D eigenvalue weighted by atomic mass is 9.78. The van der Waals surface area contributed by atoms with Crippen LogP contribution in [0.3, 0.4) is 0 Å². The third-order valence-electron chi connectivity index (χ3n) is 6.20. The Morgan fingerprint density at radius 2 is 2.00 bits per heavy atom. The highest BCUT2D eigenvalue weighted by atomic mass is 19.1. The first-order chi connectivity index (χ1) is 13.6. The maximum absolute atomic E-state index is 14.2. The van der Waals surface area contributed by atoms with E-state index in [1.54, 1.807) is 29.8 Å². The van der Waals surface area contributed by atoms with Crippen molar-refractivity contribution in [1.82, 2.24) is 19.7 Å². The number of piperidine rings is 1. The lowest BCUT2D eigenvalue weighted by molar-refractivity contribution is 0.133. The Kier molecular flexibility index (Phi) is 3.97. The van der Waals surface area contributed by atoms with Gasteiger partial charge in [-0.25, -0.2) is 4.39 Å². The molecule has 1 aromatic carbocycles. The average molecular weight is 383 g/mol. The topological polar surface area (TPSA) is 76.0 Å². The van der Waals surface area contributed by atoms with Gasteiger partial charge in [0.05, 0.1) is 6.61 Å². The second-order valence-electron chi connectivity index (χ2n) is 7.84. The second-order valence-corrected chi connectivity index (χ2v) is 7.84. The summed E-state index contributed by atoms with van der Waals surface area (Å²) in [6.07, 6.45) is 3.17. The molecule has 4 heterocycles. The molecule has 146 valence electrons. The first-order valence-corrected chi connectivity index (χ1v) is 9.61. The fourth-order valence-electron chi connectivity index (χ4n) is 4.41. The zero-order valence-electron chi connectivity index (χ0n) is 15.7. The number of anilines is 1. The molecule has 2 aliphatic rings. The van der Waals surface area contributed by atoms with E-state index >= 15 is 0 Å². The number of aromatic amines is 1. The minimum absolute atomic E-state index is 0.225. The van der Waals surface area contributed by atoms with Crippen LogP contribution in [0, 0.1) is 11.2 Å². The fourth-order valence-corrected chi connectivity index (χ4v) is 4.41. The van der Waals surface area contributed by atoms with Crippen molar-refractivity contribution in [3.8, 4) is 11.3 Å². The lowest BCUT2D eigenvalue weighted by Gasteiger charge is -2.39. The molecule has 2 saturated heterocycles. The molecule has 2 aromatic heterocycles. The molecule has 0 bridgehead atoms. The molecule has 5 rings (SSSR count). The number of aromatic nitrogens is 4. The summed E-state index contributed by atoms with van der Waals surface area (Å²) in [7, 11) is 1.71. The number of halogens is 1. The van der Waals surface area contributed by atoms with E-state index in [-0.39, 0.29) is 11.0 Å². The Hall–Kier alpha value is -2.74. The van der Waals surface area contributed by atoms with Crippen LogP contribution in [0.4, 0.5) is 10.3 Å². The predicted octanol–water partition coefficient (Wildman–Crippen LogP) is 2.47. The third-order valence-corrected chi connectivity index (χ3v) is 6.20. The minimum atomic E-state index is -0.415. The summed E-state index contributed by atoms with van der Waals surface area (Å²) in [5, 5.41) is 7.33. The molecule has 0 unspecified atom stereocenters. The van der Waals surface area contributed by atoms with Gasteiger partial charge in [0.2, 0.25) is 5.95 Å². The molecular formula is C20H22FN5O2. The monoisotopic (exact) mass is 383 g/mol. The van der Waals surface area contributed by atoms with E-state index in [2.05, 4.69) is 20.1 Å². The van der Waals surface area contributed by atoms with Crippen LogP contribution in [0.5, 0.6) is 0 Å². The number of rotatable bonds is 2. The van der Waals surface area contributed by atoms with E-state index in [1.807, 2.05) is 0 Å². The Bertz CT molecular complexity index is 1090. The molecule has 2 fully saturated rings. The van der Waals surface area contributed by atoms with Crippen LogP contribution in [0.25, 0.3) is 22.3 Å². The Balaban J connectivity index is 1.53. The number of hydrogen-bond donors (Lipinski definition) is 1. The van der Waals surface area contributed by atoms with Crippen LogP contribution in [0.2, 0.25) is 0 Å². The van der Waals surface area contributed by atoms with Crippen molar-refractivity contribution >= 4 is 17.0 Å². The SMILES string of the molecule is Cn1c(N2CCC3(CCOC3)CC2)nc2[nH]nc(-c3ccccc3F)c2c1=O. The summed E-state index contributed by atoms with van der Waals surface area (Å²) < 4.78 is 21.4. The average Bonchev–Trinajstić information content (AvgIpc) is 3.33. The van der Waals surface area contributed by atoms with Crippen LogP contribution >= 0.6 is 0 Å². The van der Waals surface area contributed by atoms with Crippen molar-refractivity contribution in [3.63, 3.8) is 0 Å². The predicted molar refractivity (Wildman–Crippen MR) is 104 cm³/mol. The quantitative estimate of drug-likeness (QED) is 0.736. The maximum atomic E-state index is 14.2. The molecule has 0 radical (unpaired) electrons. The van der Waals surface area contributed by atoms with Gasteiger partial charge in [-0.05, 0) is 36.8 Å². The van der Waals surface area contributed by atoms with Gasteiger partial charge in [0.1, 0.15) is 16.9 Å². The summed E-state index contributed by atoms with van der Waals surface area (Å²) in [5.41, 5.74) is 1.04. The van der Waals surface area contributed by atoms with E-state index in [0.717, 1.165) is 45.6 Å². The van der Waals surface area contributed by atoms with Crippen molar-refractivity contribution in [1.29, 1.82) is 0 Å². The highest BCUT2D eigenvalue weighted by molar-refractivity contribution is 5.90. The smallest absolute Gasteiger partial charge is 0.266 e. The van der Waals surface area contributed by atoms with Crippen molar-refractivity contribution in [2.75, 3.05) is 31.2 Å². The van der Waals surface area contributed by atoms with Gasteiger partial charge in [0.15, 0.2) is 5.65 Å². The van der Waals surface area contributed by atoms with Crippen molar-refractivity contribution in [2.45, 2.75) is 19.3 Å². The lowest BCUT2D eigenvalue weighted by Crippen LogP contribution is -2.43. The Morgan fingerprint density at radius 1 is 1.21 bits per heavy atom. The molecule has 1 spiro atoms. The van der Waals surface area contributed by atoms with Crippen molar-refractivity contribution in [2.24, 2.45) is 12.5 Å². The molecule has 1 N–H and O–H groups in total. The number of nitrogens with one attached hydrogen (secondary N) is 1. The van der Waals surface area contributed by atoms with Crippen LogP contribution in [0.15, 0.2) is 29.1 Å². The largest absolute Gasteiger partial charge is 0.381 e. The minimum Gasteiger partial charge on any atom is -0.381 e. The molecule has 28 heavy (non-hydrogen) atoms. The van der Waals surface area contributed by atoms with Gasteiger partial charge in [0.25, 0.3) is 5.56 Å². The van der Waals surface area contributed by atoms with Crippen molar-refractivity contribution < 1.29 is 9.13 Å². The van der Waals surface area contributed by atoms with Crippen LogP contribution in [0.1, 0.15) is 19.3 Å². The van der Waals surface area contributed by atoms with Gasteiger partial charge in [-0.15, -0.1) is 0 Å². The van der Waals surface area contributed by atoms with Gasteiger partial charge in [0, 0.05) is 32.3 Å². The number of fused-ring (bicyclic) bond motifs is 1. The van der Waals surface area contributed by atoms with Crippen LogP contribution in [-0.2, 0) is 11.8 Å². The highest BCUT2D eigenvalue weighted by Gasteiger charge is 2.38. The summed E-state index contributed by atoms with van der Waals surface area (Å²) in [6.45, 7) is 3.35. The van der Waals surface area contributed by atoms with Crippen LogP contribution in [-0.4, -0.2) is 46.1 Å². The molecule has 0 saturated carbocycles. The molecule has 0 atom stereocenters. The number of nitrogens with zero attached hydrogens (tertiary/aromatic N) is 4. The second kappa shape index (κ2) is 6.41. The Labute approximate surface area is 161 Å². The summed E-state index contributed by atoms with van der Waals surface area (Å²) >= 11 is 0. The number of benzene rings is 1.